The second-order valence-corrected chi connectivity index (χ2v) is 6.66. The lowest BCUT2D eigenvalue weighted by Gasteiger charge is -2.24. The van der Waals surface area contributed by atoms with Gasteiger partial charge < -0.3 is 23.5 Å². The van der Waals surface area contributed by atoms with E-state index in [0.717, 1.165) is 5.69 Å². The molecule has 1 aromatic heterocycles. The van der Waals surface area contributed by atoms with Crippen LogP contribution in [0.15, 0.2) is 30.3 Å². The van der Waals surface area contributed by atoms with Gasteiger partial charge in [-0.25, -0.2) is 4.79 Å². The van der Waals surface area contributed by atoms with E-state index in [1.165, 1.54) is 7.11 Å². The number of benzene rings is 1. The van der Waals surface area contributed by atoms with Crippen molar-refractivity contribution in [3.63, 3.8) is 0 Å². The molecule has 0 amide bonds. The number of ketones is 1. The highest BCUT2D eigenvalue weighted by Gasteiger charge is 2.29. The fraction of sp³-hybridized carbons (Fsp3) is 0.381. The summed E-state index contributed by atoms with van der Waals surface area (Å²) in [5.74, 6) is -0.288. The van der Waals surface area contributed by atoms with E-state index in [1.807, 2.05) is 11.5 Å². The molecule has 0 saturated carbocycles. The van der Waals surface area contributed by atoms with Crippen molar-refractivity contribution in [2.45, 2.75) is 32.9 Å². The second-order valence-electron chi connectivity index (χ2n) is 6.66. The zero-order valence-corrected chi connectivity index (χ0v) is 16.6. The standard InChI is InChI=1S/C21H23NO7/c1-13-10-15(14(2)22(13)9-8-20(24)26-3)16(23)11-28-21(25)19-12-27-17-6-4-5-7-18(17)29-19/h4-7,10,19H,8-9,11-12H2,1-3H3/t19-/m1/s1. The minimum atomic E-state index is -0.926. The molecule has 154 valence electrons. The molecule has 1 atom stereocenters. The Labute approximate surface area is 168 Å². The molecule has 0 N–H and O–H groups in total. The van der Waals surface area contributed by atoms with Gasteiger partial charge in [-0.3, -0.25) is 9.59 Å². The van der Waals surface area contributed by atoms with Gasteiger partial charge in [-0.1, -0.05) is 12.1 Å². The number of aromatic nitrogens is 1. The second kappa shape index (κ2) is 8.81. The number of Topliss-reactive ketones (excluding diaryl/α,β-unsaturated/α-hetero) is 1. The predicted molar refractivity (Wildman–Crippen MR) is 102 cm³/mol. The third kappa shape index (κ3) is 4.59. The Hall–Kier alpha value is -3.29. The van der Waals surface area contributed by atoms with Crippen molar-refractivity contribution >= 4 is 17.7 Å². The molecular formula is C21H23NO7. The van der Waals surface area contributed by atoms with E-state index in [0.29, 0.717) is 29.3 Å². The van der Waals surface area contributed by atoms with Gasteiger partial charge in [-0.15, -0.1) is 0 Å². The molecule has 2 heterocycles. The van der Waals surface area contributed by atoms with Gasteiger partial charge in [0, 0.05) is 23.5 Å². The van der Waals surface area contributed by atoms with Crippen molar-refractivity contribution in [2.75, 3.05) is 20.3 Å². The van der Waals surface area contributed by atoms with E-state index in [9.17, 15) is 14.4 Å². The number of hydrogen-bond donors (Lipinski definition) is 0. The third-order valence-corrected chi connectivity index (χ3v) is 4.76. The Morgan fingerprint density at radius 2 is 1.90 bits per heavy atom. The summed E-state index contributed by atoms with van der Waals surface area (Å²) >= 11 is 0. The number of fused-ring (bicyclic) bond motifs is 1. The molecule has 0 unspecified atom stereocenters. The molecule has 3 rings (SSSR count). The molecule has 29 heavy (non-hydrogen) atoms. The lowest BCUT2D eigenvalue weighted by atomic mass is 10.1. The maximum absolute atomic E-state index is 12.6. The quantitative estimate of drug-likeness (QED) is 0.519. The fourth-order valence-corrected chi connectivity index (χ4v) is 3.18. The first-order valence-electron chi connectivity index (χ1n) is 9.22. The van der Waals surface area contributed by atoms with Crippen LogP contribution in [0.2, 0.25) is 0 Å². The summed E-state index contributed by atoms with van der Waals surface area (Å²) in [5, 5.41) is 0. The molecule has 0 aliphatic carbocycles. The maximum Gasteiger partial charge on any atom is 0.351 e. The Morgan fingerprint density at radius 3 is 2.62 bits per heavy atom. The fourth-order valence-electron chi connectivity index (χ4n) is 3.18. The highest BCUT2D eigenvalue weighted by molar-refractivity contribution is 5.99. The summed E-state index contributed by atoms with van der Waals surface area (Å²) in [6.07, 6.45) is -0.721. The number of aryl methyl sites for hydroxylation is 1. The number of esters is 2. The Balaban J connectivity index is 1.58. The van der Waals surface area contributed by atoms with Crippen molar-refractivity contribution in [1.29, 1.82) is 0 Å². The van der Waals surface area contributed by atoms with Crippen molar-refractivity contribution in [2.24, 2.45) is 0 Å². The SMILES string of the molecule is COC(=O)CCn1c(C)cc(C(=O)COC(=O)[C@H]2COc3ccccc3O2)c1C. The molecule has 0 saturated heterocycles. The van der Waals surface area contributed by atoms with Crippen molar-refractivity contribution < 1.29 is 33.3 Å². The average molecular weight is 401 g/mol. The number of carbonyl (C=O) groups excluding carboxylic acids is 3. The number of carbonyl (C=O) groups is 3. The van der Waals surface area contributed by atoms with Crippen molar-refractivity contribution in [3.05, 3.63) is 47.3 Å². The first-order valence-corrected chi connectivity index (χ1v) is 9.22. The van der Waals surface area contributed by atoms with Crippen LogP contribution >= 0.6 is 0 Å². The molecule has 2 aromatic rings. The lowest BCUT2D eigenvalue weighted by molar-refractivity contribution is -0.153. The van der Waals surface area contributed by atoms with E-state index in [1.54, 1.807) is 37.3 Å². The van der Waals surface area contributed by atoms with Crippen LogP contribution in [0.1, 0.15) is 28.2 Å². The van der Waals surface area contributed by atoms with Gasteiger partial charge >= 0.3 is 11.9 Å². The van der Waals surface area contributed by atoms with Gasteiger partial charge in [0.05, 0.1) is 13.5 Å². The summed E-state index contributed by atoms with van der Waals surface area (Å²) < 4.78 is 22.7. The Morgan fingerprint density at radius 1 is 1.17 bits per heavy atom. The maximum atomic E-state index is 12.6. The molecule has 1 aliphatic heterocycles. The minimum Gasteiger partial charge on any atom is -0.485 e. The van der Waals surface area contributed by atoms with Crippen LogP contribution in [0.3, 0.4) is 0 Å². The number of rotatable bonds is 7. The average Bonchev–Trinajstić information content (AvgIpc) is 3.03. The predicted octanol–water partition coefficient (Wildman–Crippen LogP) is 2.23. The van der Waals surface area contributed by atoms with Gasteiger partial charge in [0.15, 0.2) is 18.1 Å². The van der Waals surface area contributed by atoms with Gasteiger partial charge in [0.1, 0.15) is 6.61 Å². The van der Waals surface area contributed by atoms with Gasteiger partial charge in [0.2, 0.25) is 11.9 Å². The molecule has 0 radical (unpaired) electrons. The van der Waals surface area contributed by atoms with Crippen molar-refractivity contribution in [1.82, 2.24) is 4.57 Å². The summed E-state index contributed by atoms with van der Waals surface area (Å²) in [6.45, 7) is 3.66. The molecule has 0 bridgehead atoms. The minimum absolute atomic E-state index is 0.0199. The van der Waals surface area contributed by atoms with Crippen molar-refractivity contribution in [3.8, 4) is 11.5 Å². The van der Waals surface area contributed by atoms with E-state index in [4.69, 9.17) is 14.2 Å². The topological polar surface area (TPSA) is 93.1 Å². The van der Waals surface area contributed by atoms with E-state index < -0.39 is 18.7 Å². The van der Waals surface area contributed by atoms with Crippen LogP contribution in [0, 0.1) is 13.8 Å². The van der Waals surface area contributed by atoms with Crippen LogP contribution in [-0.2, 0) is 25.6 Å². The van der Waals surface area contributed by atoms with Gasteiger partial charge in [0.25, 0.3) is 0 Å². The van der Waals surface area contributed by atoms with Gasteiger partial charge in [-0.05, 0) is 32.0 Å². The van der Waals surface area contributed by atoms with E-state index >= 15 is 0 Å². The number of hydrogen-bond acceptors (Lipinski definition) is 7. The van der Waals surface area contributed by atoms with E-state index in [2.05, 4.69) is 4.74 Å². The number of para-hydroxylation sites is 2. The van der Waals surface area contributed by atoms with Crippen LogP contribution in [0.25, 0.3) is 0 Å². The summed E-state index contributed by atoms with van der Waals surface area (Å²) in [6, 6.07) is 8.75. The largest absolute Gasteiger partial charge is 0.485 e. The van der Waals surface area contributed by atoms with Crippen LogP contribution in [0.5, 0.6) is 11.5 Å². The number of ether oxygens (including phenoxy) is 4. The highest BCUT2D eigenvalue weighted by atomic mass is 16.6. The van der Waals surface area contributed by atoms with Crippen LogP contribution < -0.4 is 9.47 Å². The number of methoxy groups -OCH3 is 1. The van der Waals surface area contributed by atoms with Crippen LogP contribution in [0.4, 0.5) is 0 Å². The molecule has 1 aromatic carbocycles. The monoisotopic (exact) mass is 401 g/mol. The molecule has 0 spiro atoms. The summed E-state index contributed by atoms with van der Waals surface area (Å²) in [7, 11) is 1.33. The first kappa shape index (κ1) is 20.4. The molecule has 0 fully saturated rings. The highest BCUT2D eigenvalue weighted by Crippen LogP contribution is 2.31. The third-order valence-electron chi connectivity index (χ3n) is 4.76. The van der Waals surface area contributed by atoms with E-state index in [-0.39, 0.29) is 24.8 Å². The smallest absolute Gasteiger partial charge is 0.351 e. The zero-order chi connectivity index (χ0) is 21.0. The Bertz CT molecular complexity index is 931. The molecule has 1 aliphatic rings. The van der Waals surface area contributed by atoms with Crippen LogP contribution in [-0.4, -0.2) is 48.7 Å². The summed E-state index contributed by atoms with van der Waals surface area (Å²) in [4.78, 5) is 36.2. The molecular weight excluding hydrogens is 378 g/mol. The lowest BCUT2D eigenvalue weighted by Crippen LogP contribution is -2.38. The Kier molecular flexibility index (Phi) is 6.21. The molecule has 8 heteroatoms. The first-order chi connectivity index (χ1) is 13.9. The normalized spacial score (nSPS) is 14.9. The summed E-state index contributed by atoms with van der Waals surface area (Å²) in [5.41, 5.74) is 1.99. The molecule has 8 nitrogen and oxygen atoms in total. The zero-order valence-electron chi connectivity index (χ0n) is 16.6. The number of nitrogens with zero attached hydrogens (tertiary/aromatic N) is 1. The van der Waals surface area contributed by atoms with Gasteiger partial charge in [-0.2, -0.15) is 0 Å².